The Bertz CT molecular complexity index is 1050. The molecular weight excluding hydrogens is 344 g/mol. The van der Waals surface area contributed by atoms with Crippen molar-refractivity contribution in [3.8, 4) is 5.75 Å². The predicted octanol–water partition coefficient (Wildman–Crippen LogP) is 4.97. The molecule has 0 spiro atoms. The number of ether oxygens (including phenoxy) is 1. The van der Waals surface area contributed by atoms with Gasteiger partial charge in [-0.1, -0.05) is 23.3 Å². The van der Waals surface area contributed by atoms with Crippen molar-refractivity contribution in [1.82, 2.24) is 0 Å². The quantitative estimate of drug-likeness (QED) is 0.362. The molecular formula is C22H24O5. The molecule has 1 N–H and O–H groups in total. The number of aliphatic hydroxyl groups is 1. The van der Waals surface area contributed by atoms with Gasteiger partial charge in [-0.2, -0.15) is 0 Å². The van der Waals surface area contributed by atoms with Crippen LogP contribution in [0.4, 0.5) is 0 Å². The zero-order chi connectivity index (χ0) is 19.4. The zero-order valence-electron chi connectivity index (χ0n) is 15.8. The Morgan fingerprint density at radius 3 is 2.74 bits per heavy atom. The zero-order valence-corrected chi connectivity index (χ0v) is 15.8. The largest absolute Gasteiger partial charge is 0.492 e. The smallest absolute Gasteiger partial charge is 0.336 e. The van der Waals surface area contributed by atoms with Crippen molar-refractivity contribution in [3.05, 3.63) is 64.2 Å². The molecule has 142 valence electrons. The molecule has 27 heavy (non-hydrogen) atoms. The molecule has 5 heteroatoms. The molecule has 0 saturated heterocycles. The minimum atomic E-state index is -0.460. The Balaban J connectivity index is 1.73. The molecule has 2 heterocycles. The van der Waals surface area contributed by atoms with E-state index in [9.17, 15) is 9.90 Å². The topological polar surface area (TPSA) is 72.8 Å². The summed E-state index contributed by atoms with van der Waals surface area (Å²) in [6.45, 7) is 6.41. The normalized spacial score (nSPS) is 13.1. The summed E-state index contributed by atoms with van der Waals surface area (Å²) in [5.41, 5.74) is 2.86. The molecule has 0 saturated carbocycles. The van der Waals surface area contributed by atoms with Crippen molar-refractivity contribution >= 4 is 21.9 Å². The lowest BCUT2D eigenvalue weighted by atomic mass is 10.1. The fraction of sp³-hybridized carbons (Fsp3) is 0.318. The monoisotopic (exact) mass is 368 g/mol. The average molecular weight is 368 g/mol. The Hall–Kier alpha value is -2.79. The van der Waals surface area contributed by atoms with Crippen LogP contribution in [0, 0.1) is 0 Å². The maximum Gasteiger partial charge on any atom is 0.336 e. The lowest BCUT2D eigenvalue weighted by molar-refractivity contribution is 0.222. The number of hydrogen-bond donors (Lipinski definition) is 1. The summed E-state index contributed by atoms with van der Waals surface area (Å²) in [6.07, 6.45) is 6.37. The molecule has 1 aromatic carbocycles. The third kappa shape index (κ3) is 4.68. The second kappa shape index (κ2) is 8.27. The van der Waals surface area contributed by atoms with E-state index in [1.165, 1.54) is 6.07 Å². The highest BCUT2D eigenvalue weighted by Gasteiger charge is 2.13. The van der Waals surface area contributed by atoms with Crippen LogP contribution in [0.3, 0.4) is 0 Å². The minimum absolute atomic E-state index is 0.409. The lowest BCUT2D eigenvalue weighted by Gasteiger charge is -2.10. The van der Waals surface area contributed by atoms with Crippen LogP contribution in [-0.4, -0.2) is 17.8 Å². The van der Waals surface area contributed by atoms with Crippen molar-refractivity contribution in [2.24, 2.45) is 0 Å². The molecule has 0 aliphatic rings. The number of furan rings is 1. The van der Waals surface area contributed by atoms with Gasteiger partial charge in [-0.15, -0.1) is 0 Å². The van der Waals surface area contributed by atoms with Crippen LogP contribution in [0.1, 0.15) is 33.6 Å². The highest BCUT2D eigenvalue weighted by atomic mass is 16.5. The van der Waals surface area contributed by atoms with Crippen LogP contribution < -0.4 is 10.4 Å². The van der Waals surface area contributed by atoms with Gasteiger partial charge in [-0.25, -0.2) is 4.79 Å². The van der Waals surface area contributed by atoms with Crippen LogP contribution in [-0.2, 0) is 0 Å². The number of allylic oxidation sites excluding steroid dienone is 1. The molecule has 0 bridgehead atoms. The maximum absolute atomic E-state index is 11.5. The van der Waals surface area contributed by atoms with Crippen molar-refractivity contribution in [3.63, 3.8) is 0 Å². The van der Waals surface area contributed by atoms with Crippen molar-refractivity contribution in [2.45, 2.75) is 39.7 Å². The standard InChI is InChI=1S/C22H24O5/c1-14(2)11-16(23)12-15(3)5-4-9-26-22-17-6-7-21(24)27-20(17)13-19-18(22)8-10-25-19/h5-8,10-11,13,16,23H,4,9,12H2,1-3H3/b15-5+/t16-/m1/s1. The van der Waals surface area contributed by atoms with Gasteiger partial charge in [-0.05, 0) is 45.7 Å². The highest BCUT2D eigenvalue weighted by Crippen LogP contribution is 2.35. The summed E-state index contributed by atoms with van der Waals surface area (Å²) in [5, 5.41) is 11.5. The third-order valence-electron chi connectivity index (χ3n) is 4.22. The van der Waals surface area contributed by atoms with E-state index >= 15 is 0 Å². The average Bonchev–Trinajstić information content (AvgIpc) is 3.04. The molecule has 0 aliphatic carbocycles. The van der Waals surface area contributed by atoms with Gasteiger partial charge in [0.05, 0.1) is 29.7 Å². The van der Waals surface area contributed by atoms with E-state index < -0.39 is 11.7 Å². The van der Waals surface area contributed by atoms with Gasteiger partial charge < -0.3 is 18.7 Å². The van der Waals surface area contributed by atoms with Crippen LogP contribution in [0.15, 0.2) is 67.5 Å². The second-order valence-corrected chi connectivity index (χ2v) is 6.91. The summed E-state index contributed by atoms with van der Waals surface area (Å²) >= 11 is 0. The fourth-order valence-electron chi connectivity index (χ4n) is 3.09. The van der Waals surface area contributed by atoms with Crippen LogP contribution in [0.5, 0.6) is 5.75 Å². The van der Waals surface area contributed by atoms with E-state index in [1.807, 2.05) is 32.9 Å². The summed E-state index contributed by atoms with van der Waals surface area (Å²) < 4.78 is 16.7. The van der Waals surface area contributed by atoms with Crippen LogP contribution in [0.2, 0.25) is 0 Å². The Morgan fingerprint density at radius 2 is 1.96 bits per heavy atom. The van der Waals surface area contributed by atoms with E-state index in [-0.39, 0.29) is 0 Å². The lowest BCUT2D eigenvalue weighted by Crippen LogP contribution is -2.04. The maximum atomic E-state index is 11.5. The molecule has 0 radical (unpaired) electrons. The second-order valence-electron chi connectivity index (χ2n) is 6.91. The van der Waals surface area contributed by atoms with E-state index in [0.29, 0.717) is 36.4 Å². The van der Waals surface area contributed by atoms with Gasteiger partial charge in [0.15, 0.2) is 0 Å². The van der Waals surface area contributed by atoms with Crippen molar-refractivity contribution < 1.29 is 18.7 Å². The van der Waals surface area contributed by atoms with Gasteiger partial charge in [0.1, 0.15) is 16.9 Å². The molecule has 0 aliphatic heterocycles. The number of benzene rings is 1. The number of rotatable bonds is 7. The molecule has 0 amide bonds. The minimum Gasteiger partial charge on any atom is -0.492 e. The predicted molar refractivity (Wildman–Crippen MR) is 106 cm³/mol. The molecule has 5 nitrogen and oxygen atoms in total. The van der Waals surface area contributed by atoms with Crippen molar-refractivity contribution in [1.29, 1.82) is 0 Å². The highest BCUT2D eigenvalue weighted by molar-refractivity contribution is 6.01. The Kier molecular flexibility index (Phi) is 5.81. The van der Waals surface area contributed by atoms with Gasteiger partial charge >= 0.3 is 5.63 Å². The molecule has 0 fully saturated rings. The van der Waals surface area contributed by atoms with E-state index in [1.54, 1.807) is 18.4 Å². The fourth-order valence-corrected chi connectivity index (χ4v) is 3.09. The summed E-state index contributed by atoms with van der Waals surface area (Å²) in [7, 11) is 0. The van der Waals surface area contributed by atoms with Gasteiger partial charge in [-0.3, -0.25) is 0 Å². The summed E-state index contributed by atoms with van der Waals surface area (Å²) in [5.74, 6) is 0.649. The first-order chi connectivity index (χ1) is 12.9. The SMILES string of the molecule is CC(C)=C[C@@H](O)C/C(C)=C/CCOc1c2ccoc2cc2oc(=O)ccc12. The van der Waals surface area contributed by atoms with E-state index in [4.69, 9.17) is 13.6 Å². The molecule has 1 atom stereocenters. The van der Waals surface area contributed by atoms with Gasteiger partial charge in [0.25, 0.3) is 0 Å². The van der Waals surface area contributed by atoms with E-state index in [0.717, 1.165) is 21.9 Å². The van der Waals surface area contributed by atoms with Crippen LogP contribution >= 0.6 is 0 Å². The van der Waals surface area contributed by atoms with Gasteiger partial charge in [0, 0.05) is 12.1 Å². The molecule has 3 aromatic rings. The van der Waals surface area contributed by atoms with Gasteiger partial charge in [0.2, 0.25) is 0 Å². The Labute approximate surface area is 157 Å². The summed E-state index contributed by atoms with van der Waals surface area (Å²) in [4.78, 5) is 11.5. The number of hydrogen-bond acceptors (Lipinski definition) is 5. The van der Waals surface area contributed by atoms with E-state index in [2.05, 4.69) is 6.08 Å². The number of aliphatic hydroxyl groups excluding tert-OH is 1. The van der Waals surface area contributed by atoms with Crippen LogP contribution in [0.25, 0.3) is 21.9 Å². The first kappa shape index (κ1) is 19.0. The Morgan fingerprint density at radius 1 is 1.19 bits per heavy atom. The number of fused-ring (bicyclic) bond motifs is 2. The first-order valence-corrected chi connectivity index (χ1v) is 8.99. The van der Waals surface area contributed by atoms with Crippen molar-refractivity contribution in [2.75, 3.05) is 6.61 Å². The first-order valence-electron chi connectivity index (χ1n) is 8.99. The molecule has 0 unspecified atom stereocenters. The summed E-state index contributed by atoms with van der Waals surface area (Å²) in [6, 6.07) is 6.63. The molecule has 3 rings (SSSR count). The third-order valence-corrected chi connectivity index (χ3v) is 4.22. The molecule has 2 aromatic heterocycles.